The zero-order chi connectivity index (χ0) is 22.2. The molecule has 0 N–H and O–H groups in total. The van der Waals surface area contributed by atoms with Gasteiger partial charge in [0.2, 0.25) is 5.69 Å². The standard InChI is InChI=1S/C27H31N2O3/c1-28-14-6-5-7-23(28)12-10-22-11-13-27-25(21-22)24-8-3-4-9-26(24)29(27)15-16-31-19-20-32-18-17-30-2/h3-14,21H,15-20H2,1-2H3/q+1. The number of hydrogen-bond acceptors (Lipinski definition) is 3. The molecular weight excluding hydrogens is 400 g/mol. The molecule has 0 spiro atoms. The highest BCUT2D eigenvalue weighted by atomic mass is 16.5. The first-order valence-electron chi connectivity index (χ1n) is 11.1. The van der Waals surface area contributed by atoms with Gasteiger partial charge < -0.3 is 18.8 Å². The van der Waals surface area contributed by atoms with Crippen molar-refractivity contribution >= 4 is 34.0 Å². The number of nitrogens with zero attached hydrogens (tertiary/aromatic N) is 2. The van der Waals surface area contributed by atoms with Gasteiger partial charge in [0.25, 0.3) is 0 Å². The first-order valence-corrected chi connectivity index (χ1v) is 11.1. The predicted octanol–water partition coefficient (Wildman–Crippen LogP) is 4.47. The summed E-state index contributed by atoms with van der Waals surface area (Å²) in [7, 11) is 3.73. The molecule has 5 heteroatoms. The van der Waals surface area contributed by atoms with E-state index in [-0.39, 0.29) is 0 Å². The summed E-state index contributed by atoms with van der Waals surface area (Å²) in [6.45, 7) is 3.84. The molecule has 4 rings (SSSR count). The lowest BCUT2D eigenvalue weighted by molar-refractivity contribution is -0.673. The lowest BCUT2D eigenvalue weighted by Crippen LogP contribution is -2.30. The van der Waals surface area contributed by atoms with Gasteiger partial charge in [-0.1, -0.05) is 24.3 Å². The Kier molecular flexibility index (Phi) is 7.67. The fourth-order valence-corrected chi connectivity index (χ4v) is 3.93. The van der Waals surface area contributed by atoms with E-state index >= 15 is 0 Å². The average molecular weight is 432 g/mol. The van der Waals surface area contributed by atoms with Crippen LogP contribution in [0.15, 0.2) is 66.9 Å². The Bertz CT molecular complexity index is 1200. The molecule has 2 aromatic heterocycles. The maximum atomic E-state index is 5.81. The van der Waals surface area contributed by atoms with Crippen molar-refractivity contribution in [3.8, 4) is 0 Å². The van der Waals surface area contributed by atoms with Gasteiger partial charge in [-0.2, -0.15) is 0 Å². The molecule has 5 nitrogen and oxygen atoms in total. The predicted molar refractivity (Wildman–Crippen MR) is 130 cm³/mol. The van der Waals surface area contributed by atoms with Crippen molar-refractivity contribution in [2.75, 3.05) is 40.1 Å². The van der Waals surface area contributed by atoms with Gasteiger partial charge in [-0.3, -0.25) is 0 Å². The number of pyridine rings is 1. The second kappa shape index (κ2) is 11.0. The van der Waals surface area contributed by atoms with E-state index in [4.69, 9.17) is 14.2 Å². The highest BCUT2D eigenvalue weighted by Gasteiger charge is 2.10. The van der Waals surface area contributed by atoms with Crippen LogP contribution in [0, 0.1) is 0 Å². The summed E-state index contributed by atoms with van der Waals surface area (Å²) in [6, 6.07) is 21.5. The first kappa shape index (κ1) is 22.2. The number of benzene rings is 2. The first-order chi connectivity index (χ1) is 15.8. The minimum absolute atomic E-state index is 0.589. The number of methoxy groups -OCH3 is 1. The molecule has 2 heterocycles. The van der Waals surface area contributed by atoms with Gasteiger partial charge >= 0.3 is 0 Å². The van der Waals surface area contributed by atoms with Crippen LogP contribution in [0.3, 0.4) is 0 Å². The van der Waals surface area contributed by atoms with Gasteiger partial charge in [-0.15, -0.1) is 0 Å². The summed E-state index contributed by atoms with van der Waals surface area (Å²) < 4.78 is 20.7. The van der Waals surface area contributed by atoms with E-state index in [1.54, 1.807) is 7.11 Å². The van der Waals surface area contributed by atoms with Crippen LogP contribution in [0.2, 0.25) is 0 Å². The fourth-order valence-electron chi connectivity index (χ4n) is 3.93. The number of hydrogen-bond donors (Lipinski definition) is 0. The van der Waals surface area contributed by atoms with Crippen LogP contribution in [0.1, 0.15) is 11.3 Å². The summed E-state index contributed by atoms with van der Waals surface area (Å²) in [5.74, 6) is 0. The Balaban J connectivity index is 1.50. The van der Waals surface area contributed by atoms with E-state index in [0.29, 0.717) is 33.0 Å². The Labute approximate surface area is 189 Å². The monoisotopic (exact) mass is 431 g/mol. The zero-order valence-electron chi connectivity index (χ0n) is 18.9. The quantitative estimate of drug-likeness (QED) is 0.260. The molecule has 0 radical (unpaired) electrons. The third-order valence-corrected chi connectivity index (χ3v) is 5.60. The molecule has 2 aromatic carbocycles. The molecule has 166 valence electrons. The summed E-state index contributed by atoms with van der Waals surface area (Å²) in [6.07, 6.45) is 6.39. The maximum absolute atomic E-state index is 5.81. The van der Waals surface area contributed by atoms with Gasteiger partial charge in [0, 0.05) is 53.7 Å². The lowest BCUT2D eigenvalue weighted by atomic mass is 10.1. The van der Waals surface area contributed by atoms with Crippen LogP contribution in [-0.2, 0) is 27.8 Å². The summed E-state index contributed by atoms with van der Waals surface area (Å²) in [5, 5.41) is 2.54. The molecule has 0 saturated heterocycles. The second-order valence-electron chi connectivity index (χ2n) is 7.73. The summed E-state index contributed by atoms with van der Waals surface area (Å²) in [5.41, 5.74) is 4.82. The van der Waals surface area contributed by atoms with Crippen LogP contribution < -0.4 is 4.57 Å². The molecule has 0 unspecified atom stereocenters. The smallest absolute Gasteiger partial charge is 0.204 e. The van der Waals surface area contributed by atoms with Gasteiger partial charge in [-0.05, 0) is 35.9 Å². The number of para-hydroxylation sites is 1. The third kappa shape index (κ3) is 5.25. The summed E-state index contributed by atoms with van der Waals surface area (Å²) in [4.78, 5) is 0. The number of ether oxygens (including phenoxy) is 3. The van der Waals surface area contributed by atoms with Crippen molar-refractivity contribution in [2.24, 2.45) is 7.05 Å². The van der Waals surface area contributed by atoms with Crippen molar-refractivity contribution in [1.29, 1.82) is 0 Å². The van der Waals surface area contributed by atoms with E-state index in [1.165, 1.54) is 33.1 Å². The molecule has 0 amide bonds. The van der Waals surface area contributed by atoms with Crippen LogP contribution >= 0.6 is 0 Å². The van der Waals surface area contributed by atoms with Crippen LogP contribution in [-0.4, -0.2) is 44.7 Å². The minimum Gasteiger partial charge on any atom is -0.382 e. The molecule has 0 aliphatic carbocycles. The van der Waals surface area contributed by atoms with Gasteiger partial charge in [0.15, 0.2) is 6.20 Å². The molecule has 0 aliphatic rings. The largest absolute Gasteiger partial charge is 0.382 e. The topological polar surface area (TPSA) is 36.5 Å². The highest BCUT2D eigenvalue weighted by Crippen LogP contribution is 2.30. The van der Waals surface area contributed by atoms with Crippen molar-refractivity contribution in [2.45, 2.75) is 6.54 Å². The van der Waals surface area contributed by atoms with Crippen molar-refractivity contribution in [3.63, 3.8) is 0 Å². The molecule has 0 bridgehead atoms. The highest BCUT2D eigenvalue weighted by molar-refractivity contribution is 6.08. The van der Waals surface area contributed by atoms with E-state index in [2.05, 4.69) is 89.1 Å². The minimum atomic E-state index is 0.589. The molecule has 0 atom stereocenters. The molecule has 0 fully saturated rings. The van der Waals surface area contributed by atoms with Crippen LogP contribution in [0.5, 0.6) is 0 Å². The number of fused-ring (bicyclic) bond motifs is 3. The lowest BCUT2D eigenvalue weighted by Gasteiger charge is -2.09. The SMILES string of the molecule is COCCOCCOCCn1c2ccccc2c2cc(/C=C/c3cccc[n+]3C)ccc21. The Hall–Kier alpha value is -2.99. The van der Waals surface area contributed by atoms with Crippen molar-refractivity contribution in [1.82, 2.24) is 4.57 Å². The molecule has 32 heavy (non-hydrogen) atoms. The average Bonchev–Trinajstić information content (AvgIpc) is 3.13. The van der Waals surface area contributed by atoms with Gasteiger partial charge in [-0.25, -0.2) is 4.57 Å². The zero-order valence-corrected chi connectivity index (χ0v) is 18.9. The van der Waals surface area contributed by atoms with E-state index in [0.717, 1.165) is 6.54 Å². The third-order valence-electron chi connectivity index (χ3n) is 5.60. The molecular formula is C27H31N2O3+. The Morgan fingerprint density at radius 1 is 0.781 bits per heavy atom. The normalized spacial score (nSPS) is 11.8. The van der Waals surface area contributed by atoms with E-state index in [9.17, 15) is 0 Å². The Morgan fingerprint density at radius 3 is 2.38 bits per heavy atom. The molecule has 0 saturated carbocycles. The van der Waals surface area contributed by atoms with E-state index in [1.807, 2.05) is 6.07 Å². The summed E-state index contributed by atoms with van der Waals surface area (Å²) >= 11 is 0. The molecule has 0 aliphatic heterocycles. The second-order valence-corrected chi connectivity index (χ2v) is 7.73. The van der Waals surface area contributed by atoms with Crippen molar-refractivity contribution < 1.29 is 18.8 Å². The number of rotatable bonds is 11. The molecule has 4 aromatic rings. The number of aromatic nitrogens is 2. The van der Waals surface area contributed by atoms with Gasteiger partial charge in [0.1, 0.15) is 7.05 Å². The maximum Gasteiger partial charge on any atom is 0.204 e. The van der Waals surface area contributed by atoms with Crippen molar-refractivity contribution in [3.05, 3.63) is 78.1 Å². The number of aryl methyl sites for hydroxylation is 1. The fraction of sp³-hybridized carbons (Fsp3) is 0.296. The Morgan fingerprint density at radius 2 is 1.53 bits per heavy atom. The van der Waals surface area contributed by atoms with Crippen LogP contribution in [0.4, 0.5) is 0 Å². The van der Waals surface area contributed by atoms with E-state index < -0.39 is 0 Å². The van der Waals surface area contributed by atoms with Gasteiger partial charge in [0.05, 0.1) is 33.0 Å². The van der Waals surface area contributed by atoms with Crippen LogP contribution in [0.25, 0.3) is 34.0 Å².